The number of piperidine rings is 1. The molecule has 0 radical (unpaired) electrons. The van der Waals surface area contributed by atoms with E-state index in [2.05, 4.69) is 0 Å². The van der Waals surface area contributed by atoms with E-state index in [-0.39, 0.29) is 17.9 Å². The second kappa shape index (κ2) is 7.25. The molecule has 2 heterocycles. The van der Waals surface area contributed by atoms with Crippen molar-refractivity contribution in [3.05, 3.63) is 35.9 Å². The van der Waals surface area contributed by atoms with Gasteiger partial charge in [-0.3, -0.25) is 14.4 Å². The van der Waals surface area contributed by atoms with E-state index in [0.717, 1.165) is 18.4 Å². The summed E-state index contributed by atoms with van der Waals surface area (Å²) < 4.78 is 0. The molecule has 134 valence electrons. The number of aliphatic carboxylic acids is 1. The predicted octanol–water partition coefficient (Wildman–Crippen LogP) is 2.06. The molecule has 3 atom stereocenters. The Balaban J connectivity index is 1.90. The van der Waals surface area contributed by atoms with Crippen molar-refractivity contribution in [1.82, 2.24) is 9.80 Å². The summed E-state index contributed by atoms with van der Waals surface area (Å²) in [6.45, 7) is 2.76. The lowest BCUT2D eigenvalue weighted by Crippen LogP contribution is -2.48. The van der Waals surface area contributed by atoms with E-state index in [1.165, 1.54) is 0 Å². The van der Waals surface area contributed by atoms with Gasteiger partial charge in [0, 0.05) is 25.6 Å². The maximum Gasteiger partial charge on any atom is 0.308 e. The summed E-state index contributed by atoms with van der Waals surface area (Å²) in [4.78, 5) is 40.4. The number of amides is 2. The summed E-state index contributed by atoms with van der Waals surface area (Å²) in [7, 11) is 0. The van der Waals surface area contributed by atoms with Crippen LogP contribution in [0.1, 0.15) is 44.2 Å². The summed E-state index contributed by atoms with van der Waals surface area (Å²) in [5.74, 6) is -1.58. The first-order valence-electron chi connectivity index (χ1n) is 8.88. The SMILES string of the molecule is CC1C(C(=O)O)CCN1C(=O)C(c1ccccc1)N1CCCCC1=O. The van der Waals surface area contributed by atoms with Crippen LogP contribution in [-0.4, -0.2) is 51.8 Å². The molecule has 25 heavy (non-hydrogen) atoms. The van der Waals surface area contributed by atoms with Crippen LogP contribution in [0.25, 0.3) is 0 Å². The zero-order valence-corrected chi connectivity index (χ0v) is 14.4. The number of likely N-dealkylation sites (tertiary alicyclic amines) is 2. The number of hydrogen-bond donors (Lipinski definition) is 1. The number of benzene rings is 1. The largest absolute Gasteiger partial charge is 0.481 e. The molecule has 0 bridgehead atoms. The van der Waals surface area contributed by atoms with Gasteiger partial charge in [-0.2, -0.15) is 0 Å². The predicted molar refractivity (Wildman–Crippen MR) is 91.7 cm³/mol. The second-order valence-electron chi connectivity index (χ2n) is 6.86. The quantitative estimate of drug-likeness (QED) is 0.907. The molecule has 6 nitrogen and oxygen atoms in total. The molecule has 0 saturated carbocycles. The van der Waals surface area contributed by atoms with Crippen LogP contribution in [0, 0.1) is 5.92 Å². The number of carboxylic acid groups (broad SMARTS) is 1. The number of nitrogens with zero attached hydrogens (tertiary/aromatic N) is 2. The Kier molecular flexibility index (Phi) is 5.06. The zero-order chi connectivity index (χ0) is 18.0. The Labute approximate surface area is 147 Å². The van der Waals surface area contributed by atoms with Crippen molar-refractivity contribution < 1.29 is 19.5 Å². The fraction of sp³-hybridized carbons (Fsp3) is 0.526. The smallest absolute Gasteiger partial charge is 0.308 e. The lowest BCUT2D eigenvalue weighted by Gasteiger charge is -2.37. The standard InChI is InChI=1S/C19H24N2O4/c1-13-15(19(24)25)10-12-20(13)18(23)17(14-7-3-2-4-8-14)21-11-6-5-9-16(21)22/h2-4,7-8,13,15,17H,5-6,9-12H2,1H3,(H,24,25). The first kappa shape index (κ1) is 17.5. The normalized spacial score (nSPS) is 25.1. The molecule has 0 aromatic heterocycles. The average molecular weight is 344 g/mol. The van der Waals surface area contributed by atoms with Gasteiger partial charge in [0.25, 0.3) is 0 Å². The fourth-order valence-corrected chi connectivity index (χ4v) is 3.93. The van der Waals surface area contributed by atoms with Gasteiger partial charge in [-0.05, 0) is 31.7 Å². The Hall–Kier alpha value is -2.37. The van der Waals surface area contributed by atoms with Crippen molar-refractivity contribution in [2.45, 2.75) is 44.7 Å². The molecule has 2 saturated heterocycles. The van der Waals surface area contributed by atoms with E-state index in [1.807, 2.05) is 30.3 Å². The Bertz CT molecular complexity index is 661. The van der Waals surface area contributed by atoms with Crippen molar-refractivity contribution in [3.8, 4) is 0 Å². The van der Waals surface area contributed by atoms with Gasteiger partial charge in [0.1, 0.15) is 6.04 Å². The van der Waals surface area contributed by atoms with Crippen LogP contribution in [0.15, 0.2) is 30.3 Å². The molecule has 6 heteroatoms. The average Bonchev–Trinajstić information content (AvgIpc) is 2.99. The molecule has 1 N–H and O–H groups in total. The summed E-state index contributed by atoms with van der Waals surface area (Å²) in [5.41, 5.74) is 0.786. The highest BCUT2D eigenvalue weighted by Gasteiger charge is 2.43. The molecule has 3 unspecified atom stereocenters. The van der Waals surface area contributed by atoms with Gasteiger partial charge < -0.3 is 14.9 Å². The van der Waals surface area contributed by atoms with Gasteiger partial charge in [0.05, 0.1) is 5.92 Å². The van der Waals surface area contributed by atoms with Crippen LogP contribution < -0.4 is 0 Å². The summed E-state index contributed by atoms with van der Waals surface area (Å²) in [5, 5.41) is 9.33. The van der Waals surface area contributed by atoms with Crippen LogP contribution in [0.2, 0.25) is 0 Å². The maximum atomic E-state index is 13.3. The first-order valence-corrected chi connectivity index (χ1v) is 8.88. The summed E-state index contributed by atoms with van der Waals surface area (Å²) in [6.07, 6.45) is 2.66. The summed E-state index contributed by atoms with van der Waals surface area (Å²) >= 11 is 0. The van der Waals surface area contributed by atoms with Gasteiger partial charge >= 0.3 is 5.97 Å². The Morgan fingerprint density at radius 1 is 1.16 bits per heavy atom. The van der Waals surface area contributed by atoms with Crippen molar-refractivity contribution in [2.75, 3.05) is 13.1 Å². The highest BCUT2D eigenvalue weighted by Crippen LogP contribution is 2.32. The summed E-state index contributed by atoms with van der Waals surface area (Å²) in [6, 6.07) is 8.29. The molecule has 0 spiro atoms. The molecule has 0 aliphatic carbocycles. The van der Waals surface area contributed by atoms with Gasteiger partial charge in [0.15, 0.2) is 0 Å². The van der Waals surface area contributed by atoms with Gasteiger partial charge in [0.2, 0.25) is 11.8 Å². The number of carboxylic acids is 1. The molecule has 1 aromatic carbocycles. The second-order valence-corrected chi connectivity index (χ2v) is 6.86. The molecule has 3 rings (SSSR count). The van der Waals surface area contributed by atoms with Crippen molar-refractivity contribution in [1.29, 1.82) is 0 Å². The van der Waals surface area contributed by atoms with E-state index in [4.69, 9.17) is 0 Å². The van der Waals surface area contributed by atoms with Crippen LogP contribution in [0.3, 0.4) is 0 Å². The number of carbonyl (C=O) groups is 3. The molecule has 2 aliphatic rings. The van der Waals surface area contributed by atoms with E-state index >= 15 is 0 Å². The zero-order valence-electron chi connectivity index (χ0n) is 14.4. The lowest BCUT2D eigenvalue weighted by molar-refractivity contribution is -0.149. The highest BCUT2D eigenvalue weighted by molar-refractivity contribution is 5.90. The van der Waals surface area contributed by atoms with E-state index in [9.17, 15) is 19.5 Å². The first-order chi connectivity index (χ1) is 12.0. The number of carbonyl (C=O) groups excluding carboxylic acids is 2. The minimum atomic E-state index is -0.867. The third kappa shape index (κ3) is 3.38. The third-order valence-electron chi connectivity index (χ3n) is 5.38. The van der Waals surface area contributed by atoms with E-state index in [0.29, 0.717) is 25.9 Å². The van der Waals surface area contributed by atoms with Crippen LogP contribution in [0.5, 0.6) is 0 Å². The van der Waals surface area contributed by atoms with Gasteiger partial charge in [-0.15, -0.1) is 0 Å². The number of rotatable bonds is 4. The molecule has 1 aromatic rings. The minimum absolute atomic E-state index is 0.00455. The third-order valence-corrected chi connectivity index (χ3v) is 5.38. The van der Waals surface area contributed by atoms with Crippen molar-refractivity contribution in [2.24, 2.45) is 5.92 Å². The molecule has 2 amide bonds. The van der Waals surface area contributed by atoms with Gasteiger partial charge in [-0.1, -0.05) is 30.3 Å². The fourth-order valence-electron chi connectivity index (χ4n) is 3.93. The molecule has 2 fully saturated rings. The van der Waals surface area contributed by atoms with Crippen LogP contribution in [0.4, 0.5) is 0 Å². The topological polar surface area (TPSA) is 77.9 Å². The molecular formula is C19H24N2O4. The van der Waals surface area contributed by atoms with Crippen LogP contribution in [-0.2, 0) is 14.4 Å². The molecule has 2 aliphatic heterocycles. The van der Waals surface area contributed by atoms with E-state index < -0.39 is 17.9 Å². The Morgan fingerprint density at radius 3 is 2.48 bits per heavy atom. The highest BCUT2D eigenvalue weighted by atomic mass is 16.4. The van der Waals surface area contributed by atoms with E-state index in [1.54, 1.807) is 16.7 Å². The molecular weight excluding hydrogens is 320 g/mol. The lowest BCUT2D eigenvalue weighted by atomic mass is 9.98. The Morgan fingerprint density at radius 2 is 1.88 bits per heavy atom. The monoisotopic (exact) mass is 344 g/mol. The van der Waals surface area contributed by atoms with Crippen molar-refractivity contribution >= 4 is 17.8 Å². The van der Waals surface area contributed by atoms with Gasteiger partial charge in [-0.25, -0.2) is 0 Å². The van der Waals surface area contributed by atoms with Crippen molar-refractivity contribution in [3.63, 3.8) is 0 Å². The maximum absolute atomic E-state index is 13.3. The minimum Gasteiger partial charge on any atom is -0.481 e. The van der Waals surface area contributed by atoms with Crippen LogP contribution >= 0.6 is 0 Å². The number of hydrogen-bond acceptors (Lipinski definition) is 3.